The number of rotatable bonds is 3. The first kappa shape index (κ1) is 20.3. The number of aromatic nitrogens is 4. The van der Waals surface area contributed by atoms with Crippen molar-refractivity contribution in [3.8, 4) is 22.4 Å². The van der Waals surface area contributed by atoms with Crippen LogP contribution in [0, 0.1) is 5.82 Å². The lowest BCUT2D eigenvalue weighted by Gasteiger charge is -2.38. The van der Waals surface area contributed by atoms with Gasteiger partial charge in [0.1, 0.15) is 12.1 Å². The lowest BCUT2D eigenvalue weighted by atomic mass is 10.0. The summed E-state index contributed by atoms with van der Waals surface area (Å²) in [5.41, 5.74) is 9.36. The SMILES string of the molecule is CC1(C)CN(c2ncc(-c3ncnc4ccc(-c5ccnc(N)c5)cc34)cc2F)CCO1. The monoisotopic (exact) mass is 430 g/mol. The number of halogens is 1. The average molecular weight is 430 g/mol. The van der Waals surface area contributed by atoms with Crippen molar-refractivity contribution in [1.29, 1.82) is 0 Å². The number of nitrogen functional groups attached to an aromatic ring is 1. The number of hydrogen-bond acceptors (Lipinski definition) is 7. The van der Waals surface area contributed by atoms with E-state index in [2.05, 4.69) is 19.9 Å². The second-order valence-electron chi connectivity index (χ2n) is 8.48. The van der Waals surface area contributed by atoms with Crippen LogP contribution in [0.3, 0.4) is 0 Å². The Kier molecular flexibility index (Phi) is 4.94. The summed E-state index contributed by atoms with van der Waals surface area (Å²) < 4.78 is 20.9. The zero-order valence-electron chi connectivity index (χ0n) is 17.9. The van der Waals surface area contributed by atoms with Crippen LogP contribution in [0.15, 0.2) is 55.1 Å². The van der Waals surface area contributed by atoms with Gasteiger partial charge in [0.25, 0.3) is 0 Å². The zero-order chi connectivity index (χ0) is 22.3. The molecule has 0 aliphatic carbocycles. The Morgan fingerprint density at radius 1 is 1.00 bits per heavy atom. The van der Waals surface area contributed by atoms with Crippen LogP contribution in [0.4, 0.5) is 16.0 Å². The largest absolute Gasteiger partial charge is 0.384 e. The van der Waals surface area contributed by atoms with E-state index in [0.29, 0.717) is 42.6 Å². The summed E-state index contributed by atoms with van der Waals surface area (Å²) in [6.07, 6.45) is 4.82. The van der Waals surface area contributed by atoms with Crippen molar-refractivity contribution >= 4 is 22.5 Å². The second kappa shape index (κ2) is 7.80. The van der Waals surface area contributed by atoms with Crippen LogP contribution in [0.2, 0.25) is 0 Å². The molecule has 1 aliphatic heterocycles. The van der Waals surface area contributed by atoms with E-state index in [1.54, 1.807) is 12.4 Å². The Bertz CT molecular complexity index is 1310. The Morgan fingerprint density at radius 3 is 2.62 bits per heavy atom. The van der Waals surface area contributed by atoms with Crippen molar-refractivity contribution in [2.45, 2.75) is 19.4 Å². The molecule has 4 heterocycles. The number of anilines is 2. The quantitative estimate of drug-likeness (QED) is 0.523. The molecule has 1 aromatic carbocycles. The van der Waals surface area contributed by atoms with Gasteiger partial charge in [-0.3, -0.25) is 0 Å². The van der Waals surface area contributed by atoms with Crippen molar-refractivity contribution in [3.63, 3.8) is 0 Å². The van der Waals surface area contributed by atoms with Gasteiger partial charge in [0.05, 0.1) is 23.4 Å². The zero-order valence-corrected chi connectivity index (χ0v) is 17.9. The third-order valence-electron chi connectivity index (χ3n) is 5.57. The van der Waals surface area contributed by atoms with Gasteiger partial charge in [0, 0.05) is 36.4 Å². The standard InChI is InChI=1S/C24H23FN6O/c1-24(2)13-31(7-8-32-24)23-19(25)10-17(12-28-23)22-18-9-15(3-4-20(18)29-14-30-22)16-5-6-27-21(26)11-16/h3-6,9-12,14H,7-8,13H2,1-2H3,(H2,26,27). The lowest BCUT2D eigenvalue weighted by Crippen LogP contribution is -2.48. The third kappa shape index (κ3) is 3.85. The summed E-state index contributed by atoms with van der Waals surface area (Å²) in [5.74, 6) is 0.391. The Morgan fingerprint density at radius 2 is 1.84 bits per heavy atom. The maximum Gasteiger partial charge on any atom is 0.166 e. The van der Waals surface area contributed by atoms with E-state index >= 15 is 4.39 Å². The summed E-state index contributed by atoms with van der Waals surface area (Å²) in [6, 6.07) is 11.1. The molecular formula is C24H23FN6O. The van der Waals surface area contributed by atoms with Crippen LogP contribution in [-0.2, 0) is 4.74 Å². The minimum absolute atomic E-state index is 0.330. The molecule has 4 aromatic rings. The van der Waals surface area contributed by atoms with Gasteiger partial charge in [-0.2, -0.15) is 0 Å². The first-order valence-electron chi connectivity index (χ1n) is 10.4. The minimum atomic E-state index is -0.384. The van der Waals surface area contributed by atoms with E-state index in [1.165, 1.54) is 12.4 Å². The topological polar surface area (TPSA) is 90.1 Å². The van der Waals surface area contributed by atoms with Gasteiger partial charge >= 0.3 is 0 Å². The molecule has 2 N–H and O–H groups in total. The molecule has 8 heteroatoms. The second-order valence-corrected chi connectivity index (χ2v) is 8.48. The molecular weight excluding hydrogens is 407 g/mol. The van der Waals surface area contributed by atoms with E-state index in [-0.39, 0.29) is 11.4 Å². The van der Waals surface area contributed by atoms with E-state index in [9.17, 15) is 0 Å². The van der Waals surface area contributed by atoms with Crippen molar-refractivity contribution < 1.29 is 9.13 Å². The van der Waals surface area contributed by atoms with Crippen LogP contribution in [-0.4, -0.2) is 45.2 Å². The summed E-state index contributed by atoms with van der Waals surface area (Å²) in [4.78, 5) is 19.2. The van der Waals surface area contributed by atoms with Crippen molar-refractivity contribution in [3.05, 3.63) is 60.9 Å². The fraction of sp³-hybridized carbons (Fsp3) is 0.250. The van der Waals surface area contributed by atoms with Crippen LogP contribution < -0.4 is 10.6 Å². The number of nitrogens with zero attached hydrogens (tertiary/aromatic N) is 5. The van der Waals surface area contributed by atoms with E-state index in [4.69, 9.17) is 10.5 Å². The number of pyridine rings is 2. The summed E-state index contributed by atoms with van der Waals surface area (Å²) in [6.45, 7) is 5.69. The van der Waals surface area contributed by atoms with Gasteiger partial charge in [0.15, 0.2) is 11.6 Å². The molecule has 1 fully saturated rings. The fourth-order valence-electron chi connectivity index (χ4n) is 4.08. The summed E-state index contributed by atoms with van der Waals surface area (Å²) in [5, 5.41) is 0.807. The molecule has 0 spiro atoms. The van der Waals surface area contributed by atoms with Crippen molar-refractivity contribution in [2.75, 3.05) is 30.3 Å². The maximum absolute atomic E-state index is 15.2. The van der Waals surface area contributed by atoms with Gasteiger partial charge in [-0.15, -0.1) is 0 Å². The molecule has 1 aliphatic rings. The van der Waals surface area contributed by atoms with Gasteiger partial charge in [-0.25, -0.2) is 24.3 Å². The molecule has 5 rings (SSSR count). The molecule has 162 valence electrons. The molecule has 0 radical (unpaired) electrons. The molecule has 1 saturated heterocycles. The van der Waals surface area contributed by atoms with E-state index < -0.39 is 0 Å². The fourth-order valence-corrected chi connectivity index (χ4v) is 4.08. The smallest absolute Gasteiger partial charge is 0.166 e. The number of morpholine rings is 1. The number of fused-ring (bicyclic) bond motifs is 1. The van der Waals surface area contributed by atoms with E-state index in [1.807, 2.05) is 49.1 Å². The van der Waals surface area contributed by atoms with Gasteiger partial charge in [0.2, 0.25) is 0 Å². The first-order chi connectivity index (χ1) is 15.4. The molecule has 32 heavy (non-hydrogen) atoms. The van der Waals surface area contributed by atoms with Crippen molar-refractivity contribution in [2.24, 2.45) is 0 Å². The van der Waals surface area contributed by atoms with Gasteiger partial charge < -0.3 is 15.4 Å². The maximum atomic E-state index is 15.2. The number of hydrogen-bond donors (Lipinski definition) is 1. The van der Waals surface area contributed by atoms with Crippen LogP contribution in [0.1, 0.15) is 13.8 Å². The number of ether oxygens (including phenoxy) is 1. The molecule has 0 saturated carbocycles. The van der Waals surface area contributed by atoms with Gasteiger partial charge in [-0.1, -0.05) is 6.07 Å². The van der Waals surface area contributed by atoms with E-state index in [0.717, 1.165) is 22.0 Å². The highest BCUT2D eigenvalue weighted by Gasteiger charge is 2.29. The highest BCUT2D eigenvalue weighted by molar-refractivity contribution is 5.95. The van der Waals surface area contributed by atoms with Gasteiger partial charge in [-0.05, 0) is 55.3 Å². The average Bonchev–Trinajstić information content (AvgIpc) is 2.77. The molecule has 0 amide bonds. The first-order valence-corrected chi connectivity index (χ1v) is 10.4. The molecule has 0 atom stereocenters. The highest BCUT2D eigenvalue weighted by atomic mass is 19.1. The molecule has 3 aromatic heterocycles. The minimum Gasteiger partial charge on any atom is -0.384 e. The van der Waals surface area contributed by atoms with Crippen LogP contribution >= 0.6 is 0 Å². The molecule has 0 unspecified atom stereocenters. The Balaban J connectivity index is 1.55. The molecule has 7 nitrogen and oxygen atoms in total. The highest BCUT2D eigenvalue weighted by Crippen LogP contribution is 2.32. The Hall–Kier alpha value is -3.65. The predicted molar refractivity (Wildman–Crippen MR) is 123 cm³/mol. The lowest BCUT2D eigenvalue weighted by molar-refractivity contribution is -0.0280. The Labute approximate surface area is 185 Å². The predicted octanol–water partition coefficient (Wildman–Crippen LogP) is 4.09. The third-order valence-corrected chi connectivity index (χ3v) is 5.57. The number of nitrogens with two attached hydrogens (primary N) is 1. The van der Waals surface area contributed by atoms with Crippen molar-refractivity contribution in [1.82, 2.24) is 19.9 Å². The summed E-state index contributed by atoms with van der Waals surface area (Å²) >= 11 is 0. The van der Waals surface area contributed by atoms with Crippen LogP contribution in [0.25, 0.3) is 33.3 Å². The number of benzene rings is 1. The molecule has 0 bridgehead atoms. The summed E-state index contributed by atoms with van der Waals surface area (Å²) in [7, 11) is 0. The normalized spacial score (nSPS) is 15.8. The van der Waals surface area contributed by atoms with Crippen LogP contribution in [0.5, 0.6) is 0 Å².